The van der Waals surface area contributed by atoms with Crippen LogP contribution in [0.2, 0.25) is 0 Å². The fourth-order valence-electron chi connectivity index (χ4n) is 3.99. The molecule has 0 radical (unpaired) electrons. The summed E-state index contributed by atoms with van der Waals surface area (Å²) in [5.41, 5.74) is 3.22. The number of likely N-dealkylation sites (tertiary alicyclic amines) is 1. The van der Waals surface area contributed by atoms with E-state index in [1.165, 1.54) is 0 Å². The molecule has 0 aromatic heterocycles. The number of hydrogen-bond donors (Lipinski definition) is 1. The molecule has 1 heterocycles. The van der Waals surface area contributed by atoms with Crippen LogP contribution >= 0.6 is 0 Å². The van der Waals surface area contributed by atoms with Gasteiger partial charge in [0.25, 0.3) is 11.7 Å². The first kappa shape index (κ1) is 24.3. The number of nitrogens with zero attached hydrogens (tertiary/aromatic N) is 3. The van der Waals surface area contributed by atoms with E-state index in [1.807, 2.05) is 76.1 Å². The summed E-state index contributed by atoms with van der Waals surface area (Å²) in [4.78, 5) is 31.6. The lowest BCUT2D eigenvalue weighted by atomic mass is 9.94. The van der Waals surface area contributed by atoms with E-state index < -0.39 is 17.7 Å². The summed E-state index contributed by atoms with van der Waals surface area (Å²) >= 11 is 0. The Bertz CT molecular complexity index is 1060. The van der Waals surface area contributed by atoms with Crippen molar-refractivity contribution in [3.8, 4) is 5.75 Å². The number of likely N-dealkylation sites (N-methyl/N-ethyl adjacent to an activating group) is 1. The quantitative estimate of drug-likeness (QED) is 0.377. The topological polar surface area (TPSA) is 73.3 Å². The number of aliphatic hydroxyl groups is 1. The van der Waals surface area contributed by atoms with Crippen molar-refractivity contribution < 1.29 is 19.4 Å². The van der Waals surface area contributed by atoms with E-state index in [1.54, 1.807) is 23.1 Å². The molecule has 1 aliphatic heterocycles. The third-order valence-electron chi connectivity index (χ3n) is 5.80. The summed E-state index contributed by atoms with van der Waals surface area (Å²) in [6.07, 6.45) is 0. The van der Waals surface area contributed by atoms with Crippen LogP contribution in [0.15, 0.2) is 48.0 Å². The summed E-state index contributed by atoms with van der Waals surface area (Å²) in [5, 5.41) is 11.2. The highest BCUT2D eigenvalue weighted by molar-refractivity contribution is 6.46. The average Bonchev–Trinajstić information content (AvgIpc) is 3.03. The highest BCUT2D eigenvalue weighted by Gasteiger charge is 2.45. The van der Waals surface area contributed by atoms with Gasteiger partial charge in [0.1, 0.15) is 11.5 Å². The van der Waals surface area contributed by atoms with Gasteiger partial charge in [0.2, 0.25) is 0 Å². The van der Waals surface area contributed by atoms with Gasteiger partial charge in [-0.25, -0.2) is 0 Å². The van der Waals surface area contributed by atoms with Gasteiger partial charge < -0.3 is 24.5 Å². The highest BCUT2D eigenvalue weighted by Crippen LogP contribution is 2.40. The molecule has 2 aromatic carbocycles. The number of aliphatic hydroxyl groups excluding tert-OH is 1. The number of hydrogen-bond acceptors (Lipinski definition) is 6. The Labute approximate surface area is 195 Å². The number of anilines is 1. The highest BCUT2D eigenvalue weighted by atomic mass is 16.5. The molecule has 1 N–H and O–H groups in total. The Kier molecular flexibility index (Phi) is 7.43. The number of ether oxygens (including phenoxy) is 1. The Morgan fingerprint density at radius 2 is 1.73 bits per heavy atom. The van der Waals surface area contributed by atoms with Crippen molar-refractivity contribution in [2.75, 3.05) is 52.8 Å². The Morgan fingerprint density at radius 1 is 1.06 bits per heavy atom. The molecule has 2 aromatic rings. The molecule has 0 spiro atoms. The van der Waals surface area contributed by atoms with Gasteiger partial charge in [0.15, 0.2) is 0 Å². The molecule has 1 amide bonds. The second-order valence-electron chi connectivity index (χ2n) is 8.70. The third kappa shape index (κ3) is 5.03. The summed E-state index contributed by atoms with van der Waals surface area (Å²) in [6.45, 7) is 5.30. The maximum atomic E-state index is 13.1. The van der Waals surface area contributed by atoms with Gasteiger partial charge in [-0.15, -0.1) is 0 Å². The number of rotatable bonds is 8. The maximum Gasteiger partial charge on any atom is 0.295 e. The molecule has 3 rings (SSSR count). The fourth-order valence-corrected chi connectivity index (χ4v) is 3.99. The first-order valence-corrected chi connectivity index (χ1v) is 11.1. The lowest BCUT2D eigenvalue weighted by Crippen LogP contribution is -2.35. The average molecular weight is 452 g/mol. The summed E-state index contributed by atoms with van der Waals surface area (Å²) in [7, 11) is 7.74. The zero-order valence-electron chi connectivity index (χ0n) is 20.3. The van der Waals surface area contributed by atoms with Crippen molar-refractivity contribution in [3.05, 3.63) is 64.7 Å². The Balaban J connectivity index is 2.12. The van der Waals surface area contributed by atoms with E-state index in [-0.39, 0.29) is 11.3 Å². The van der Waals surface area contributed by atoms with Crippen molar-refractivity contribution in [2.24, 2.45) is 0 Å². The van der Waals surface area contributed by atoms with Crippen LogP contribution in [-0.4, -0.2) is 74.5 Å². The van der Waals surface area contributed by atoms with Crippen molar-refractivity contribution >= 4 is 23.1 Å². The molecule has 1 saturated heterocycles. The zero-order chi connectivity index (χ0) is 24.3. The minimum absolute atomic E-state index is 0.111. The number of carbonyl (C=O) groups excluding carboxylic acids is 2. The predicted molar refractivity (Wildman–Crippen MR) is 131 cm³/mol. The van der Waals surface area contributed by atoms with Gasteiger partial charge in [-0.3, -0.25) is 9.59 Å². The van der Waals surface area contributed by atoms with Crippen LogP contribution in [0.1, 0.15) is 29.7 Å². The second kappa shape index (κ2) is 10.1. The molecular formula is C26H33N3O4. The predicted octanol–water partition coefficient (Wildman–Crippen LogP) is 3.44. The van der Waals surface area contributed by atoms with Gasteiger partial charge in [-0.2, -0.15) is 0 Å². The minimum atomic E-state index is -0.667. The fraction of sp³-hybridized carbons (Fsp3) is 0.385. The van der Waals surface area contributed by atoms with Crippen LogP contribution in [-0.2, 0) is 9.59 Å². The van der Waals surface area contributed by atoms with Gasteiger partial charge in [-0.1, -0.05) is 12.1 Å². The molecule has 0 saturated carbocycles. The molecule has 176 valence electrons. The molecular weight excluding hydrogens is 418 g/mol. The van der Waals surface area contributed by atoms with E-state index in [9.17, 15) is 14.7 Å². The normalized spacial score (nSPS) is 17.7. The number of benzene rings is 2. The molecule has 7 heteroatoms. The lowest BCUT2D eigenvalue weighted by Gasteiger charge is -2.27. The summed E-state index contributed by atoms with van der Waals surface area (Å²) in [6, 6.07) is 12.3. The third-order valence-corrected chi connectivity index (χ3v) is 5.80. The van der Waals surface area contributed by atoms with Gasteiger partial charge in [0, 0.05) is 38.4 Å². The zero-order valence-corrected chi connectivity index (χ0v) is 20.3. The van der Waals surface area contributed by atoms with E-state index >= 15 is 0 Å². The number of amides is 1. The van der Waals surface area contributed by atoms with Crippen LogP contribution in [0.3, 0.4) is 0 Å². The molecule has 1 unspecified atom stereocenters. The first-order valence-electron chi connectivity index (χ1n) is 11.1. The first-order chi connectivity index (χ1) is 15.6. The van der Waals surface area contributed by atoms with Crippen LogP contribution in [0.4, 0.5) is 5.69 Å². The maximum absolute atomic E-state index is 13.1. The molecule has 0 aliphatic carbocycles. The number of Topliss-reactive ketones (excluding diaryl/α,β-unsaturated/α-hetero) is 1. The van der Waals surface area contributed by atoms with Gasteiger partial charge >= 0.3 is 0 Å². The second-order valence-corrected chi connectivity index (χ2v) is 8.70. The van der Waals surface area contributed by atoms with E-state index in [4.69, 9.17) is 4.74 Å². The number of aryl methyl sites for hydroxylation is 1. The van der Waals surface area contributed by atoms with Crippen LogP contribution in [0.5, 0.6) is 5.75 Å². The largest absolute Gasteiger partial charge is 0.507 e. The van der Waals surface area contributed by atoms with Gasteiger partial charge in [0.05, 0.1) is 18.2 Å². The number of ketones is 1. The molecule has 1 atom stereocenters. The van der Waals surface area contributed by atoms with Crippen molar-refractivity contribution in [1.82, 2.24) is 9.80 Å². The van der Waals surface area contributed by atoms with Crippen molar-refractivity contribution in [2.45, 2.75) is 19.9 Å². The minimum Gasteiger partial charge on any atom is -0.507 e. The molecule has 1 aliphatic rings. The van der Waals surface area contributed by atoms with E-state index in [2.05, 4.69) is 0 Å². The molecule has 7 nitrogen and oxygen atoms in total. The standard InChI is InChI=1S/C26H33N3O4/c1-7-33-21-13-10-19(16-17(21)2)24(30)22-23(18-8-11-20(12-9-18)28(5)6)29(15-14-27(3)4)26(32)25(22)31/h8-13,16,23,30H,7,14-15H2,1-6H3/b24-22+. The van der Waals surface area contributed by atoms with Crippen LogP contribution in [0.25, 0.3) is 5.76 Å². The molecule has 1 fully saturated rings. The van der Waals surface area contributed by atoms with Crippen molar-refractivity contribution in [1.29, 1.82) is 0 Å². The molecule has 0 bridgehead atoms. The molecule has 33 heavy (non-hydrogen) atoms. The SMILES string of the molecule is CCOc1ccc(/C(O)=C2\C(=O)C(=O)N(CCN(C)C)C2c2ccc(N(C)C)cc2)cc1C. The Hall–Kier alpha value is -3.32. The van der Waals surface area contributed by atoms with E-state index in [0.29, 0.717) is 25.3 Å². The van der Waals surface area contributed by atoms with Crippen molar-refractivity contribution in [3.63, 3.8) is 0 Å². The lowest BCUT2D eigenvalue weighted by molar-refractivity contribution is -0.140. The smallest absolute Gasteiger partial charge is 0.295 e. The Morgan fingerprint density at radius 3 is 2.27 bits per heavy atom. The summed E-state index contributed by atoms with van der Waals surface area (Å²) in [5.74, 6) is -0.716. The number of carbonyl (C=O) groups is 2. The van der Waals surface area contributed by atoms with E-state index in [0.717, 1.165) is 22.6 Å². The summed E-state index contributed by atoms with van der Waals surface area (Å²) < 4.78 is 5.59. The van der Waals surface area contributed by atoms with Crippen LogP contribution in [0, 0.1) is 6.92 Å². The van der Waals surface area contributed by atoms with Crippen LogP contribution < -0.4 is 9.64 Å². The van der Waals surface area contributed by atoms with Gasteiger partial charge in [-0.05, 0) is 69.4 Å². The monoisotopic (exact) mass is 451 g/mol.